The first kappa shape index (κ1) is 11.3. The summed E-state index contributed by atoms with van der Waals surface area (Å²) >= 11 is 9.65. The Balaban J connectivity index is 2.31. The summed E-state index contributed by atoms with van der Waals surface area (Å²) in [6, 6.07) is 5.84. The van der Waals surface area contributed by atoms with Crippen LogP contribution in [0.15, 0.2) is 22.7 Å². The molecule has 1 aliphatic carbocycles. The van der Waals surface area contributed by atoms with Crippen LogP contribution in [-0.4, -0.2) is 4.98 Å². The van der Waals surface area contributed by atoms with Crippen molar-refractivity contribution < 1.29 is 0 Å². The van der Waals surface area contributed by atoms with E-state index < -0.39 is 0 Å². The van der Waals surface area contributed by atoms with Crippen molar-refractivity contribution in [3.05, 3.63) is 33.4 Å². The fourth-order valence-corrected chi connectivity index (χ4v) is 2.83. The molecule has 5 heteroatoms. The van der Waals surface area contributed by atoms with E-state index in [4.69, 9.17) is 17.4 Å². The fraction of sp³-hybridized carbons (Fsp3) is 0.250. The molecule has 1 aliphatic rings. The highest BCUT2D eigenvalue weighted by molar-refractivity contribution is 9.10. The van der Waals surface area contributed by atoms with E-state index in [2.05, 4.69) is 26.3 Å². The van der Waals surface area contributed by atoms with Crippen LogP contribution < -0.4 is 11.3 Å². The monoisotopic (exact) mass is 311 g/mol. The summed E-state index contributed by atoms with van der Waals surface area (Å²) in [6.45, 7) is 0. The SMILES string of the molecule is NNc1cc(C2CC2)nc2c(Cl)cc(Br)cc12. The zero-order valence-electron chi connectivity index (χ0n) is 9.00. The molecule has 17 heavy (non-hydrogen) atoms. The number of aromatic nitrogens is 1. The lowest BCUT2D eigenvalue weighted by molar-refractivity contribution is 1.04. The Morgan fingerprint density at radius 3 is 2.76 bits per heavy atom. The van der Waals surface area contributed by atoms with Crippen LogP contribution in [0.25, 0.3) is 10.9 Å². The summed E-state index contributed by atoms with van der Waals surface area (Å²) in [5.41, 5.74) is 5.49. The van der Waals surface area contributed by atoms with Crippen molar-refractivity contribution >= 4 is 44.1 Å². The van der Waals surface area contributed by atoms with E-state index in [1.54, 1.807) is 0 Å². The number of nitrogens with two attached hydrogens (primary N) is 1. The van der Waals surface area contributed by atoms with Gasteiger partial charge in [0.15, 0.2) is 0 Å². The maximum Gasteiger partial charge on any atom is 0.0913 e. The zero-order chi connectivity index (χ0) is 12.0. The van der Waals surface area contributed by atoms with Gasteiger partial charge >= 0.3 is 0 Å². The molecule has 0 radical (unpaired) electrons. The van der Waals surface area contributed by atoms with E-state index >= 15 is 0 Å². The van der Waals surface area contributed by atoms with E-state index in [1.165, 1.54) is 12.8 Å². The predicted octanol–water partition coefficient (Wildman–Crippen LogP) is 3.81. The van der Waals surface area contributed by atoms with Gasteiger partial charge in [-0.25, -0.2) is 0 Å². The molecule has 2 aromatic rings. The second-order valence-electron chi connectivity index (χ2n) is 4.30. The highest BCUT2D eigenvalue weighted by atomic mass is 79.9. The first-order valence-electron chi connectivity index (χ1n) is 5.45. The molecule has 0 atom stereocenters. The van der Waals surface area contributed by atoms with Crippen LogP contribution in [0.5, 0.6) is 0 Å². The van der Waals surface area contributed by atoms with Gasteiger partial charge in [0, 0.05) is 21.5 Å². The highest BCUT2D eigenvalue weighted by Gasteiger charge is 2.26. The molecule has 0 bridgehead atoms. The Labute approximate surface area is 112 Å². The third-order valence-corrected chi connectivity index (χ3v) is 3.75. The molecule has 1 aromatic heterocycles. The second kappa shape index (κ2) is 4.12. The molecule has 1 fully saturated rings. The first-order chi connectivity index (χ1) is 8.19. The van der Waals surface area contributed by atoms with Gasteiger partial charge in [-0.2, -0.15) is 0 Å². The number of rotatable bonds is 2. The number of halogens is 2. The number of nitrogens with zero attached hydrogens (tertiary/aromatic N) is 1. The highest BCUT2D eigenvalue weighted by Crippen LogP contribution is 2.42. The molecule has 0 unspecified atom stereocenters. The summed E-state index contributed by atoms with van der Waals surface area (Å²) in [4.78, 5) is 4.64. The molecule has 1 saturated carbocycles. The van der Waals surface area contributed by atoms with E-state index in [0.717, 1.165) is 26.8 Å². The van der Waals surface area contributed by atoms with Crippen molar-refractivity contribution in [2.45, 2.75) is 18.8 Å². The van der Waals surface area contributed by atoms with Gasteiger partial charge in [-0.3, -0.25) is 10.8 Å². The molecular formula is C12H11BrClN3. The fourth-order valence-electron chi connectivity index (χ4n) is 1.98. The van der Waals surface area contributed by atoms with Crippen LogP contribution in [0.4, 0.5) is 5.69 Å². The Hall–Kier alpha value is -0.840. The lowest BCUT2D eigenvalue weighted by atomic mass is 10.1. The van der Waals surface area contributed by atoms with Gasteiger partial charge in [-0.15, -0.1) is 0 Å². The average molecular weight is 313 g/mol. The van der Waals surface area contributed by atoms with Crippen molar-refractivity contribution in [1.82, 2.24) is 4.98 Å². The predicted molar refractivity (Wildman–Crippen MR) is 74.2 cm³/mol. The zero-order valence-corrected chi connectivity index (χ0v) is 11.3. The number of benzene rings is 1. The van der Waals surface area contributed by atoms with Crippen molar-refractivity contribution in [2.75, 3.05) is 5.43 Å². The number of fused-ring (bicyclic) bond motifs is 1. The van der Waals surface area contributed by atoms with Gasteiger partial charge in [0.2, 0.25) is 0 Å². The summed E-state index contributed by atoms with van der Waals surface area (Å²) in [7, 11) is 0. The number of pyridine rings is 1. The molecule has 3 nitrogen and oxygen atoms in total. The molecule has 0 saturated heterocycles. The van der Waals surface area contributed by atoms with E-state index in [1.807, 2.05) is 18.2 Å². The number of nitrogen functional groups attached to an aromatic ring is 1. The molecule has 88 valence electrons. The van der Waals surface area contributed by atoms with Crippen LogP contribution in [0.2, 0.25) is 5.02 Å². The van der Waals surface area contributed by atoms with Crippen molar-refractivity contribution in [3.63, 3.8) is 0 Å². The van der Waals surface area contributed by atoms with Crippen LogP contribution in [0.3, 0.4) is 0 Å². The smallest absolute Gasteiger partial charge is 0.0913 e. The molecule has 0 spiro atoms. The van der Waals surface area contributed by atoms with Crippen molar-refractivity contribution in [1.29, 1.82) is 0 Å². The van der Waals surface area contributed by atoms with Crippen LogP contribution in [-0.2, 0) is 0 Å². The van der Waals surface area contributed by atoms with Gasteiger partial charge < -0.3 is 5.43 Å². The number of hydrogen-bond acceptors (Lipinski definition) is 3. The molecule has 3 N–H and O–H groups in total. The van der Waals surface area contributed by atoms with Gasteiger partial charge in [-0.1, -0.05) is 27.5 Å². The number of nitrogens with one attached hydrogen (secondary N) is 1. The van der Waals surface area contributed by atoms with Gasteiger partial charge in [0.1, 0.15) is 0 Å². The van der Waals surface area contributed by atoms with Gasteiger partial charge in [0.25, 0.3) is 0 Å². The average Bonchev–Trinajstić information content (AvgIpc) is 3.11. The minimum absolute atomic E-state index is 0.575. The molecule has 0 aliphatic heterocycles. The van der Waals surface area contributed by atoms with Gasteiger partial charge in [0.05, 0.1) is 16.2 Å². The molecule has 3 rings (SSSR count). The van der Waals surface area contributed by atoms with E-state index in [9.17, 15) is 0 Å². The Bertz CT molecular complexity index is 596. The summed E-state index contributed by atoms with van der Waals surface area (Å²) in [6.07, 6.45) is 2.41. The van der Waals surface area contributed by atoms with E-state index in [0.29, 0.717) is 10.9 Å². The van der Waals surface area contributed by atoms with Crippen LogP contribution in [0.1, 0.15) is 24.5 Å². The normalized spacial score (nSPS) is 15.2. The summed E-state index contributed by atoms with van der Waals surface area (Å²) < 4.78 is 0.924. The van der Waals surface area contributed by atoms with Gasteiger partial charge in [-0.05, 0) is 31.0 Å². The maximum atomic E-state index is 6.23. The lowest BCUT2D eigenvalue weighted by Gasteiger charge is -2.10. The molecule has 1 aromatic carbocycles. The second-order valence-corrected chi connectivity index (χ2v) is 5.62. The standard InChI is InChI=1S/C12H11BrClN3/c13-7-3-8-11(17-15)5-10(6-1-2-6)16-12(8)9(14)4-7/h3-6H,1-2,15H2,(H,16,17). The van der Waals surface area contributed by atoms with Crippen molar-refractivity contribution in [3.8, 4) is 0 Å². The summed E-state index contributed by atoms with van der Waals surface area (Å²) in [5.74, 6) is 6.14. The van der Waals surface area contributed by atoms with Crippen LogP contribution >= 0.6 is 27.5 Å². The molecule has 1 heterocycles. The molecule has 0 amide bonds. The first-order valence-corrected chi connectivity index (χ1v) is 6.62. The molecular weight excluding hydrogens is 302 g/mol. The number of hydrogen-bond donors (Lipinski definition) is 2. The largest absolute Gasteiger partial charge is 0.323 e. The summed E-state index contributed by atoms with van der Waals surface area (Å²) in [5, 5.41) is 1.59. The third kappa shape index (κ3) is 2.01. The minimum Gasteiger partial charge on any atom is -0.323 e. The van der Waals surface area contributed by atoms with Crippen molar-refractivity contribution in [2.24, 2.45) is 5.84 Å². The quantitative estimate of drug-likeness (QED) is 0.655. The topological polar surface area (TPSA) is 50.9 Å². The third-order valence-electron chi connectivity index (χ3n) is 3.00. The Morgan fingerprint density at radius 2 is 2.12 bits per heavy atom. The number of hydrazine groups is 1. The Kier molecular flexibility index (Phi) is 2.73. The number of anilines is 1. The lowest BCUT2D eigenvalue weighted by Crippen LogP contribution is -2.08. The minimum atomic E-state index is 0.575. The maximum absolute atomic E-state index is 6.23. The van der Waals surface area contributed by atoms with Crippen LogP contribution in [0, 0.1) is 0 Å². The van der Waals surface area contributed by atoms with E-state index in [-0.39, 0.29) is 0 Å². The Morgan fingerprint density at radius 1 is 1.35 bits per heavy atom.